The van der Waals surface area contributed by atoms with E-state index in [-0.39, 0.29) is 5.91 Å². The van der Waals surface area contributed by atoms with E-state index in [9.17, 15) is 4.79 Å². The van der Waals surface area contributed by atoms with Gasteiger partial charge in [-0.2, -0.15) is 0 Å². The van der Waals surface area contributed by atoms with Gasteiger partial charge in [0.05, 0.1) is 0 Å². The quantitative estimate of drug-likeness (QED) is 0.718. The molecule has 0 saturated carbocycles. The molecule has 0 aliphatic rings. The highest BCUT2D eigenvalue weighted by molar-refractivity contribution is 6.03. The maximum Gasteiger partial charge on any atom is 0.274 e. The molecule has 1 amide bonds. The van der Waals surface area contributed by atoms with Crippen LogP contribution in [0.3, 0.4) is 0 Å². The Bertz CT molecular complexity index is 966. The fourth-order valence-electron chi connectivity index (χ4n) is 2.73. The molecule has 3 aromatic rings. The summed E-state index contributed by atoms with van der Waals surface area (Å²) >= 11 is 0. The molecule has 1 aromatic heterocycles. The molecule has 0 spiro atoms. The maximum atomic E-state index is 12.6. The Kier molecular flexibility index (Phi) is 4.98. The van der Waals surface area contributed by atoms with Crippen molar-refractivity contribution < 1.29 is 4.79 Å². The normalized spacial score (nSPS) is 10.5. The molecular weight excluding hydrogens is 324 g/mol. The number of hydrogen-bond donors (Lipinski definition) is 2. The van der Waals surface area contributed by atoms with Crippen LogP contribution >= 0.6 is 0 Å². The van der Waals surface area contributed by atoms with Crippen LogP contribution in [-0.2, 0) is 0 Å². The van der Waals surface area contributed by atoms with Gasteiger partial charge in [-0.25, -0.2) is 9.97 Å². The number of carbonyl (C=O) groups excluding carboxylic acids is 1. The minimum Gasteiger partial charge on any atom is -0.324 e. The molecule has 0 bridgehead atoms. The smallest absolute Gasteiger partial charge is 0.274 e. The summed E-state index contributed by atoms with van der Waals surface area (Å²) in [4.78, 5) is 21.3. The van der Waals surface area contributed by atoms with E-state index in [2.05, 4.69) is 26.7 Å². The summed E-state index contributed by atoms with van der Waals surface area (Å²) in [7, 11) is 0. The number of rotatable bonds is 4. The predicted octanol–water partition coefficient (Wildman–Crippen LogP) is 4.71. The summed E-state index contributed by atoms with van der Waals surface area (Å²) in [5.41, 5.74) is 6.09. The molecule has 0 atom stereocenters. The first kappa shape index (κ1) is 17.6. The second-order valence-corrected chi connectivity index (χ2v) is 6.49. The number of aryl methyl sites for hydroxylation is 4. The van der Waals surface area contributed by atoms with Gasteiger partial charge in [0.1, 0.15) is 5.69 Å². The molecule has 0 saturated heterocycles. The molecule has 0 unspecified atom stereocenters. The lowest BCUT2D eigenvalue weighted by atomic mass is 10.1. The zero-order valence-corrected chi connectivity index (χ0v) is 15.4. The Morgan fingerprint density at radius 1 is 0.885 bits per heavy atom. The van der Waals surface area contributed by atoms with Crippen LogP contribution in [0.15, 0.2) is 48.5 Å². The lowest BCUT2D eigenvalue weighted by Gasteiger charge is -2.11. The van der Waals surface area contributed by atoms with Crippen molar-refractivity contribution in [1.82, 2.24) is 9.97 Å². The minimum absolute atomic E-state index is 0.259. The first-order valence-electron chi connectivity index (χ1n) is 8.49. The van der Waals surface area contributed by atoms with Crippen molar-refractivity contribution in [1.29, 1.82) is 0 Å². The average molecular weight is 346 g/mol. The van der Waals surface area contributed by atoms with E-state index in [1.54, 1.807) is 6.07 Å². The highest BCUT2D eigenvalue weighted by Gasteiger charge is 2.12. The Labute approximate surface area is 153 Å². The molecule has 0 fully saturated rings. The number of hydrogen-bond acceptors (Lipinski definition) is 4. The number of anilines is 3. The molecule has 2 aromatic carbocycles. The van der Waals surface area contributed by atoms with Crippen LogP contribution in [0.25, 0.3) is 0 Å². The van der Waals surface area contributed by atoms with Crippen LogP contribution < -0.4 is 10.6 Å². The number of nitrogens with one attached hydrogen (secondary N) is 2. The van der Waals surface area contributed by atoms with E-state index in [1.165, 1.54) is 5.56 Å². The van der Waals surface area contributed by atoms with E-state index >= 15 is 0 Å². The molecule has 5 heteroatoms. The largest absolute Gasteiger partial charge is 0.324 e. The topological polar surface area (TPSA) is 66.9 Å². The van der Waals surface area contributed by atoms with E-state index in [4.69, 9.17) is 0 Å². The average Bonchev–Trinajstić information content (AvgIpc) is 2.57. The van der Waals surface area contributed by atoms with Crippen molar-refractivity contribution in [3.63, 3.8) is 0 Å². The van der Waals surface area contributed by atoms with E-state index in [1.807, 2.05) is 64.1 Å². The van der Waals surface area contributed by atoms with Crippen molar-refractivity contribution in [3.05, 3.63) is 76.6 Å². The lowest BCUT2D eigenvalue weighted by molar-refractivity contribution is 0.102. The number of nitrogens with zero attached hydrogens (tertiary/aromatic N) is 2. The Balaban J connectivity index is 1.84. The lowest BCUT2D eigenvalue weighted by Crippen LogP contribution is -2.15. The van der Waals surface area contributed by atoms with Gasteiger partial charge in [0.25, 0.3) is 5.91 Å². The number of amides is 1. The van der Waals surface area contributed by atoms with Crippen LogP contribution in [0.1, 0.15) is 32.9 Å². The molecule has 0 aliphatic heterocycles. The molecule has 2 N–H and O–H groups in total. The SMILES string of the molecule is Cc1cccc(NC(=O)c2cc(C)nc(Nc3ccc(C)cc3C)n2)c1. The second-order valence-electron chi connectivity index (χ2n) is 6.49. The summed E-state index contributed by atoms with van der Waals surface area (Å²) in [5.74, 6) is 0.149. The van der Waals surface area contributed by atoms with E-state index in [0.29, 0.717) is 11.6 Å². The van der Waals surface area contributed by atoms with Crippen LogP contribution in [0.4, 0.5) is 17.3 Å². The van der Waals surface area contributed by atoms with Crippen molar-refractivity contribution in [2.24, 2.45) is 0 Å². The summed E-state index contributed by atoms with van der Waals surface area (Å²) in [6, 6.07) is 15.4. The van der Waals surface area contributed by atoms with Gasteiger partial charge >= 0.3 is 0 Å². The summed E-state index contributed by atoms with van der Waals surface area (Å²) in [6.07, 6.45) is 0. The number of aromatic nitrogens is 2. The molecule has 26 heavy (non-hydrogen) atoms. The fourth-order valence-corrected chi connectivity index (χ4v) is 2.73. The van der Waals surface area contributed by atoms with Gasteiger partial charge in [0, 0.05) is 17.1 Å². The first-order chi connectivity index (χ1) is 12.4. The van der Waals surface area contributed by atoms with Crippen LogP contribution in [-0.4, -0.2) is 15.9 Å². The molecule has 0 radical (unpaired) electrons. The molecule has 132 valence electrons. The summed E-state index contributed by atoms with van der Waals surface area (Å²) in [5, 5.41) is 6.09. The first-order valence-corrected chi connectivity index (χ1v) is 8.49. The van der Waals surface area contributed by atoms with Crippen LogP contribution in [0.5, 0.6) is 0 Å². The summed E-state index contributed by atoms with van der Waals surface area (Å²) < 4.78 is 0. The number of carbonyl (C=O) groups is 1. The van der Waals surface area contributed by atoms with Gasteiger partial charge in [-0.05, 0) is 63.1 Å². The van der Waals surface area contributed by atoms with E-state index < -0.39 is 0 Å². The molecule has 0 aliphatic carbocycles. The van der Waals surface area contributed by atoms with Crippen molar-refractivity contribution in [3.8, 4) is 0 Å². The third kappa shape index (κ3) is 4.25. The van der Waals surface area contributed by atoms with Crippen LogP contribution in [0.2, 0.25) is 0 Å². The standard InChI is InChI=1S/C21H22N4O/c1-13-6-5-7-17(11-13)23-20(26)19-12-16(4)22-21(25-19)24-18-9-8-14(2)10-15(18)3/h5-12H,1-4H3,(H,23,26)(H,22,24,25). The Hall–Kier alpha value is -3.21. The van der Waals surface area contributed by atoms with Gasteiger partial charge in [0.2, 0.25) is 5.95 Å². The highest BCUT2D eigenvalue weighted by Crippen LogP contribution is 2.20. The zero-order chi connectivity index (χ0) is 18.7. The molecular formula is C21H22N4O. The zero-order valence-electron chi connectivity index (χ0n) is 15.4. The molecule has 5 nitrogen and oxygen atoms in total. The van der Waals surface area contributed by atoms with Crippen LogP contribution in [0, 0.1) is 27.7 Å². The van der Waals surface area contributed by atoms with Gasteiger partial charge in [-0.3, -0.25) is 4.79 Å². The fraction of sp³-hybridized carbons (Fsp3) is 0.190. The van der Waals surface area contributed by atoms with Crippen molar-refractivity contribution in [2.75, 3.05) is 10.6 Å². The van der Waals surface area contributed by atoms with Crippen molar-refractivity contribution >= 4 is 23.2 Å². The van der Waals surface area contributed by atoms with E-state index in [0.717, 1.165) is 28.2 Å². The Morgan fingerprint density at radius 3 is 2.38 bits per heavy atom. The highest BCUT2D eigenvalue weighted by atomic mass is 16.1. The third-order valence-electron chi connectivity index (χ3n) is 3.99. The van der Waals surface area contributed by atoms with Gasteiger partial charge in [-0.15, -0.1) is 0 Å². The van der Waals surface area contributed by atoms with Gasteiger partial charge in [0.15, 0.2) is 0 Å². The predicted molar refractivity (Wildman–Crippen MR) is 105 cm³/mol. The van der Waals surface area contributed by atoms with Crippen molar-refractivity contribution in [2.45, 2.75) is 27.7 Å². The minimum atomic E-state index is -0.259. The third-order valence-corrected chi connectivity index (χ3v) is 3.99. The van der Waals surface area contributed by atoms with Gasteiger partial charge < -0.3 is 10.6 Å². The number of benzene rings is 2. The summed E-state index contributed by atoms with van der Waals surface area (Å²) in [6.45, 7) is 7.90. The monoisotopic (exact) mass is 346 g/mol. The molecule has 3 rings (SSSR count). The van der Waals surface area contributed by atoms with Gasteiger partial charge in [-0.1, -0.05) is 29.8 Å². The second kappa shape index (κ2) is 7.35. The Morgan fingerprint density at radius 2 is 1.65 bits per heavy atom. The molecule has 1 heterocycles. The maximum absolute atomic E-state index is 12.6.